The van der Waals surface area contributed by atoms with Crippen LogP contribution in [0.3, 0.4) is 0 Å². The van der Waals surface area contributed by atoms with Crippen LogP contribution in [0, 0.1) is 10.1 Å². The van der Waals surface area contributed by atoms with Crippen molar-refractivity contribution in [3.05, 3.63) is 56.4 Å². The van der Waals surface area contributed by atoms with Gasteiger partial charge in [0.25, 0.3) is 0 Å². The van der Waals surface area contributed by atoms with Gasteiger partial charge in [-0.3, -0.25) is 4.79 Å². The van der Waals surface area contributed by atoms with Gasteiger partial charge in [-0.25, -0.2) is 0 Å². The fourth-order valence-corrected chi connectivity index (χ4v) is 1.91. The Kier molecular flexibility index (Phi) is 3.82. The van der Waals surface area contributed by atoms with Crippen molar-refractivity contribution in [2.75, 3.05) is 0 Å². The molecule has 0 unspecified atom stereocenters. The van der Waals surface area contributed by atoms with Crippen molar-refractivity contribution in [1.29, 1.82) is 0 Å². The zero-order valence-corrected chi connectivity index (χ0v) is 10.9. The Hall–Kier alpha value is -1.92. The maximum atomic E-state index is 12.0. The monoisotopic (exact) mass is 299 g/mol. The van der Waals surface area contributed by atoms with Crippen LogP contribution in [-0.2, 0) is 6.54 Å². The summed E-state index contributed by atoms with van der Waals surface area (Å²) in [6, 6.07) is 4.72. The molecule has 1 heterocycles. The Morgan fingerprint density at radius 3 is 2.79 bits per heavy atom. The fraction of sp³-hybridized carbons (Fsp3) is 0.0909. The van der Waals surface area contributed by atoms with Crippen LogP contribution in [0.2, 0.25) is 10.0 Å². The lowest BCUT2D eigenvalue weighted by atomic mass is 10.1. The van der Waals surface area contributed by atoms with Gasteiger partial charge in [-0.05, 0) is 22.0 Å². The Morgan fingerprint density at radius 1 is 1.42 bits per heavy atom. The Morgan fingerprint density at radius 2 is 2.16 bits per heavy atom. The number of carbonyl (C=O) groups is 1. The second-order valence-corrected chi connectivity index (χ2v) is 4.47. The van der Waals surface area contributed by atoms with Gasteiger partial charge in [0.05, 0.1) is 16.6 Å². The fourth-order valence-electron chi connectivity index (χ4n) is 1.50. The van der Waals surface area contributed by atoms with Crippen LogP contribution in [0.5, 0.6) is 0 Å². The van der Waals surface area contributed by atoms with Crippen molar-refractivity contribution in [3.63, 3.8) is 0 Å². The molecule has 2 rings (SSSR count). The molecule has 2 aromatic rings. The molecular formula is C11H7Cl2N3O3. The lowest BCUT2D eigenvalue weighted by Crippen LogP contribution is -2.09. The largest absolute Gasteiger partial charge is 0.381 e. The highest BCUT2D eigenvalue weighted by Crippen LogP contribution is 2.26. The Balaban J connectivity index is 2.21. The summed E-state index contributed by atoms with van der Waals surface area (Å²) < 4.78 is 1.32. The Labute approximate surface area is 117 Å². The maximum Gasteiger partial charge on any atom is 0.381 e. The molecule has 19 heavy (non-hydrogen) atoms. The van der Waals surface area contributed by atoms with Crippen LogP contribution in [0.4, 0.5) is 5.82 Å². The molecule has 0 radical (unpaired) electrons. The highest BCUT2D eigenvalue weighted by molar-refractivity contribution is 6.43. The van der Waals surface area contributed by atoms with Gasteiger partial charge in [-0.1, -0.05) is 29.3 Å². The first-order valence-corrected chi connectivity index (χ1v) is 5.88. The third-order valence-electron chi connectivity index (χ3n) is 2.38. The topological polar surface area (TPSA) is 78.0 Å². The van der Waals surface area contributed by atoms with Gasteiger partial charge in [-0.2, -0.15) is 0 Å². The van der Waals surface area contributed by atoms with E-state index in [1.54, 1.807) is 18.2 Å². The third kappa shape index (κ3) is 2.91. The zero-order valence-electron chi connectivity index (χ0n) is 9.42. The van der Waals surface area contributed by atoms with E-state index in [0.717, 1.165) is 0 Å². The van der Waals surface area contributed by atoms with Crippen LogP contribution in [0.25, 0.3) is 0 Å². The predicted molar refractivity (Wildman–Crippen MR) is 69.7 cm³/mol. The number of Topliss-reactive ketones (excluding diaryl/α,β-unsaturated/α-hetero) is 1. The van der Waals surface area contributed by atoms with Crippen molar-refractivity contribution in [2.24, 2.45) is 0 Å². The van der Waals surface area contributed by atoms with E-state index in [2.05, 4.69) is 4.98 Å². The van der Waals surface area contributed by atoms with E-state index in [0.29, 0.717) is 0 Å². The predicted octanol–water partition coefficient (Wildman–Crippen LogP) is 2.98. The normalized spacial score (nSPS) is 10.4. The van der Waals surface area contributed by atoms with Gasteiger partial charge >= 0.3 is 5.82 Å². The first-order chi connectivity index (χ1) is 8.99. The smallest absolute Gasteiger partial charge is 0.358 e. The lowest BCUT2D eigenvalue weighted by molar-refractivity contribution is -0.389. The van der Waals surface area contributed by atoms with Crippen LogP contribution < -0.4 is 0 Å². The van der Waals surface area contributed by atoms with E-state index in [1.165, 1.54) is 17.1 Å². The van der Waals surface area contributed by atoms with Gasteiger partial charge in [0.15, 0.2) is 5.78 Å². The summed E-state index contributed by atoms with van der Waals surface area (Å²) in [6.07, 6.45) is 2.39. The number of hydrogen-bond donors (Lipinski definition) is 0. The molecule has 0 N–H and O–H groups in total. The molecule has 0 amide bonds. The number of nitro groups is 1. The molecule has 8 heteroatoms. The summed E-state index contributed by atoms with van der Waals surface area (Å²) >= 11 is 11.7. The molecule has 0 spiro atoms. The number of nitrogens with zero attached hydrogens (tertiary/aromatic N) is 3. The van der Waals surface area contributed by atoms with Crippen molar-refractivity contribution in [2.45, 2.75) is 6.54 Å². The quantitative estimate of drug-likeness (QED) is 0.494. The van der Waals surface area contributed by atoms with Crippen LogP contribution in [-0.4, -0.2) is 20.3 Å². The molecule has 0 aliphatic heterocycles. The highest BCUT2D eigenvalue weighted by atomic mass is 35.5. The minimum absolute atomic E-state index is 0.0963. The van der Waals surface area contributed by atoms with E-state index in [4.69, 9.17) is 23.2 Å². The number of ketones is 1. The second kappa shape index (κ2) is 5.38. The number of halogens is 2. The molecule has 0 atom stereocenters. The van der Waals surface area contributed by atoms with Gasteiger partial charge in [0, 0.05) is 5.56 Å². The number of benzene rings is 1. The zero-order chi connectivity index (χ0) is 14.0. The minimum Gasteiger partial charge on any atom is -0.358 e. The number of aromatic nitrogens is 2. The summed E-state index contributed by atoms with van der Waals surface area (Å²) in [5.41, 5.74) is 0.269. The van der Waals surface area contributed by atoms with E-state index in [9.17, 15) is 14.9 Å². The molecular weight excluding hydrogens is 293 g/mol. The number of carbonyl (C=O) groups excluding carboxylic acids is 1. The standard InChI is InChI=1S/C11H7Cl2N3O3/c12-8-3-1-2-7(11(8)13)9(17)4-15-5-10(14-6-15)16(18)19/h1-3,5-6H,4H2. The summed E-state index contributed by atoms with van der Waals surface area (Å²) in [5, 5.41) is 10.9. The summed E-state index contributed by atoms with van der Waals surface area (Å²) in [6.45, 7) is -0.0963. The minimum atomic E-state index is -0.632. The van der Waals surface area contributed by atoms with Crippen molar-refractivity contribution >= 4 is 34.8 Å². The van der Waals surface area contributed by atoms with Crippen LogP contribution in [0.15, 0.2) is 30.7 Å². The van der Waals surface area contributed by atoms with Gasteiger partial charge in [0.1, 0.15) is 6.20 Å². The highest BCUT2D eigenvalue weighted by Gasteiger charge is 2.16. The SMILES string of the molecule is O=C(Cn1cnc([N+](=O)[O-])c1)c1cccc(Cl)c1Cl. The Bertz CT molecular complexity index is 654. The first-order valence-electron chi connectivity index (χ1n) is 5.12. The van der Waals surface area contributed by atoms with E-state index in [-0.39, 0.29) is 33.8 Å². The number of imidazole rings is 1. The van der Waals surface area contributed by atoms with Gasteiger partial charge in [0.2, 0.25) is 6.33 Å². The average molecular weight is 300 g/mol. The number of hydrogen-bond acceptors (Lipinski definition) is 4. The molecule has 0 aliphatic carbocycles. The summed E-state index contributed by atoms with van der Waals surface area (Å²) in [5.74, 6) is -0.621. The third-order valence-corrected chi connectivity index (χ3v) is 3.20. The average Bonchev–Trinajstić information content (AvgIpc) is 2.81. The molecule has 1 aromatic carbocycles. The van der Waals surface area contributed by atoms with Gasteiger partial charge < -0.3 is 14.7 Å². The maximum absolute atomic E-state index is 12.0. The molecule has 0 aliphatic rings. The van der Waals surface area contributed by atoms with E-state index >= 15 is 0 Å². The van der Waals surface area contributed by atoms with Crippen LogP contribution >= 0.6 is 23.2 Å². The van der Waals surface area contributed by atoms with E-state index in [1.807, 2.05) is 0 Å². The van der Waals surface area contributed by atoms with Crippen molar-refractivity contribution in [3.8, 4) is 0 Å². The molecule has 98 valence electrons. The lowest BCUT2D eigenvalue weighted by Gasteiger charge is -2.04. The molecule has 0 saturated heterocycles. The molecule has 0 bridgehead atoms. The summed E-state index contributed by atoms with van der Waals surface area (Å²) in [7, 11) is 0. The number of rotatable bonds is 4. The molecule has 6 nitrogen and oxygen atoms in total. The first kappa shape index (κ1) is 13.5. The van der Waals surface area contributed by atoms with Crippen molar-refractivity contribution < 1.29 is 9.72 Å². The molecule has 1 aromatic heterocycles. The van der Waals surface area contributed by atoms with E-state index < -0.39 is 4.92 Å². The van der Waals surface area contributed by atoms with Crippen LogP contribution in [0.1, 0.15) is 10.4 Å². The summed E-state index contributed by atoms with van der Waals surface area (Å²) in [4.78, 5) is 25.4. The van der Waals surface area contributed by atoms with Crippen molar-refractivity contribution in [1.82, 2.24) is 9.55 Å². The second-order valence-electron chi connectivity index (χ2n) is 3.69. The molecule has 0 fully saturated rings. The molecule has 0 saturated carbocycles. The van der Waals surface area contributed by atoms with Gasteiger partial charge in [-0.15, -0.1) is 0 Å².